The zero-order chi connectivity index (χ0) is 14.0. The van der Waals surface area contributed by atoms with Crippen molar-refractivity contribution in [3.8, 4) is 0 Å². The molecule has 0 heterocycles. The highest BCUT2D eigenvalue weighted by molar-refractivity contribution is 7.92. The summed E-state index contributed by atoms with van der Waals surface area (Å²) in [5.41, 5.74) is -4.56. The fraction of sp³-hybridized carbons (Fsp3) is 0.455. The monoisotopic (exact) mass is 300 g/mol. The van der Waals surface area contributed by atoms with Crippen LogP contribution in [0.15, 0.2) is 29.2 Å². The van der Waals surface area contributed by atoms with Gasteiger partial charge in [-0.1, -0.05) is 19.1 Å². The Bertz CT molecular complexity index is 494. The van der Waals surface area contributed by atoms with E-state index in [1.807, 2.05) is 6.92 Å². The third-order valence-electron chi connectivity index (χ3n) is 2.44. The van der Waals surface area contributed by atoms with Gasteiger partial charge in [0.05, 0.1) is 4.90 Å². The largest absolute Gasteiger partial charge is 0.501 e. The van der Waals surface area contributed by atoms with E-state index in [1.165, 1.54) is 12.1 Å². The van der Waals surface area contributed by atoms with Gasteiger partial charge in [-0.05, 0) is 30.5 Å². The van der Waals surface area contributed by atoms with Crippen LogP contribution in [0.4, 0.5) is 13.2 Å². The molecule has 0 N–H and O–H groups in total. The summed E-state index contributed by atoms with van der Waals surface area (Å²) in [5, 5.41) is -0.116. The van der Waals surface area contributed by atoms with Crippen LogP contribution in [0.1, 0.15) is 18.9 Å². The van der Waals surface area contributed by atoms with Gasteiger partial charge in [0.2, 0.25) is 0 Å². The highest BCUT2D eigenvalue weighted by Gasteiger charge is 2.46. The van der Waals surface area contributed by atoms with E-state index >= 15 is 0 Å². The van der Waals surface area contributed by atoms with Crippen molar-refractivity contribution < 1.29 is 21.6 Å². The molecule has 2 nitrogen and oxygen atoms in total. The molecule has 0 bridgehead atoms. The molecule has 0 aliphatic heterocycles. The Morgan fingerprint density at radius 3 is 2.11 bits per heavy atom. The first-order chi connectivity index (χ1) is 8.18. The van der Waals surface area contributed by atoms with Gasteiger partial charge >= 0.3 is 5.51 Å². The lowest BCUT2D eigenvalue weighted by Crippen LogP contribution is -2.23. The molecule has 1 unspecified atom stereocenters. The van der Waals surface area contributed by atoms with Crippen molar-refractivity contribution in [2.45, 2.75) is 35.5 Å². The SMILES string of the molecule is CCC(Cl)Cc1ccc(S(=O)(=O)C(F)(F)F)cc1. The number of halogens is 4. The van der Waals surface area contributed by atoms with Crippen LogP contribution in [0, 0.1) is 0 Å². The maximum atomic E-state index is 12.3. The van der Waals surface area contributed by atoms with Gasteiger partial charge in [-0.15, -0.1) is 11.6 Å². The van der Waals surface area contributed by atoms with Crippen LogP contribution in [0.25, 0.3) is 0 Å². The number of hydrogen-bond donors (Lipinski definition) is 0. The van der Waals surface area contributed by atoms with Gasteiger partial charge in [-0.25, -0.2) is 8.42 Å². The first-order valence-corrected chi connectivity index (χ1v) is 7.14. The van der Waals surface area contributed by atoms with Crippen molar-refractivity contribution in [1.82, 2.24) is 0 Å². The van der Waals surface area contributed by atoms with Crippen molar-refractivity contribution in [3.05, 3.63) is 29.8 Å². The minimum atomic E-state index is -5.27. The van der Waals surface area contributed by atoms with Crippen molar-refractivity contribution >= 4 is 21.4 Å². The molecule has 0 radical (unpaired) electrons. The summed E-state index contributed by atoms with van der Waals surface area (Å²) in [6, 6.07) is 4.61. The molecule has 0 spiro atoms. The van der Waals surface area contributed by atoms with Gasteiger partial charge in [0.15, 0.2) is 0 Å². The van der Waals surface area contributed by atoms with Crippen LogP contribution in [0.2, 0.25) is 0 Å². The molecular formula is C11H12ClF3O2S. The third-order valence-corrected chi connectivity index (χ3v) is 4.40. The van der Waals surface area contributed by atoms with Crippen LogP contribution in [0.3, 0.4) is 0 Å². The summed E-state index contributed by atoms with van der Waals surface area (Å²) in [4.78, 5) is -0.749. The molecule has 0 saturated heterocycles. The third kappa shape index (κ3) is 3.38. The fourth-order valence-electron chi connectivity index (χ4n) is 1.34. The summed E-state index contributed by atoms with van der Waals surface area (Å²) in [5.74, 6) is 0. The Morgan fingerprint density at radius 1 is 1.22 bits per heavy atom. The van der Waals surface area contributed by atoms with Crippen molar-refractivity contribution in [3.63, 3.8) is 0 Å². The predicted molar refractivity (Wildman–Crippen MR) is 63.3 cm³/mol. The molecule has 1 aromatic carbocycles. The number of hydrogen-bond acceptors (Lipinski definition) is 2. The van der Waals surface area contributed by atoms with Gasteiger partial charge in [0.1, 0.15) is 0 Å². The maximum Gasteiger partial charge on any atom is 0.501 e. The van der Waals surface area contributed by atoms with E-state index in [9.17, 15) is 21.6 Å². The molecule has 0 saturated carbocycles. The zero-order valence-corrected chi connectivity index (χ0v) is 11.1. The van der Waals surface area contributed by atoms with Gasteiger partial charge in [0.25, 0.3) is 9.84 Å². The molecule has 0 amide bonds. The molecule has 0 fully saturated rings. The van der Waals surface area contributed by atoms with Crippen LogP contribution in [-0.2, 0) is 16.3 Å². The topological polar surface area (TPSA) is 34.1 Å². The molecule has 0 aromatic heterocycles. The molecule has 1 aromatic rings. The quantitative estimate of drug-likeness (QED) is 0.797. The van der Waals surface area contributed by atoms with E-state index in [4.69, 9.17) is 11.6 Å². The fourth-order valence-corrected chi connectivity index (χ4v) is 2.28. The summed E-state index contributed by atoms with van der Waals surface area (Å²) in [6.07, 6.45) is 1.22. The van der Waals surface area contributed by atoms with Crippen LogP contribution < -0.4 is 0 Å². The second-order valence-electron chi connectivity index (χ2n) is 3.80. The smallest absolute Gasteiger partial charge is 0.214 e. The number of sulfone groups is 1. The second-order valence-corrected chi connectivity index (χ2v) is 6.36. The average molecular weight is 301 g/mol. The number of rotatable bonds is 4. The molecule has 7 heteroatoms. The van der Waals surface area contributed by atoms with Crippen molar-refractivity contribution in [2.75, 3.05) is 0 Å². The van der Waals surface area contributed by atoms with Gasteiger partial charge < -0.3 is 0 Å². The van der Waals surface area contributed by atoms with E-state index in [2.05, 4.69) is 0 Å². The lowest BCUT2D eigenvalue weighted by atomic mass is 10.1. The van der Waals surface area contributed by atoms with E-state index in [0.717, 1.165) is 18.6 Å². The number of benzene rings is 1. The number of alkyl halides is 4. The van der Waals surface area contributed by atoms with Gasteiger partial charge in [0, 0.05) is 5.38 Å². The summed E-state index contributed by atoms with van der Waals surface area (Å²) >= 11 is 5.90. The van der Waals surface area contributed by atoms with E-state index in [0.29, 0.717) is 12.0 Å². The van der Waals surface area contributed by atoms with Crippen LogP contribution in [-0.4, -0.2) is 19.3 Å². The molecule has 1 rings (SSSR count). The Balaban J connectivity index is 2.97. The molecule has 1 atom stereocenters. The van der Waals surface area contributed by atoms with Gasteiger partial charge in [-0.3, -0.25) is 0 Å². The molecule has 102 valence electrons. The Morgan fingerprint density at radius 2 is 1.72 bits per heavy atom. The van der Waals surface area contributed by atoms with E-state index in [-0.39, 0.29) is 5.38 Å². The van der Waals surface area contributed by atoms with Crippen LogP contribution in [0.5, 0.6) is 0 Å². The Labute approximate surface area is 109 Å². The Kier molecular flexibility index (Phi) is 4.66. The van der Waals surface area contributed by atoms with Crippen LogP contribution >= 0.6 is 11.6 Å². The Hall–Kier alpha value is -0.750. The highest BCUT2D eigenvalue weighted by atomic mass is 35.5. The van der Waals surface area contributed by atoms with E-state index in [1.54, 1.807) is 0 Å². The summed E-state index contributed by atoms with van der Waals surface area (Å²) in [6.45, 7) is 1.89. The summed E-state index contributed by atoms with van der Waals surface area (Å²) in [7, 11) is -5.26. The first kappa shape index (κ1) is 15.3. The summed E-state index contributed by atoms with van der Waals surface area (Å²) < 4.78 is 59.0. The predicted octanol–water partition coefficient (Wildman–Crippen LogP) is 3.54. The highest BCUT2D eigenvalue weighted by Crippen LogP contribution is 2.30. The molecule has 18 heavy (non-hydrogen) atoms. The molecule has 0 aliphatic carbocycles. The average Bonchev–Trinajstić information content (AvgIpc) is 2.28. The van der Waals surface area contributed by atoms with Gasteiger partial charge in [-0.2, -0.15) is 13.2 Å². The lowest BCUT2D eigenvalue weighted by molar-refractivity contribution is -0.0436. The lowest BCUT2D eigenvalue weighted by Gasteiger charge is -2.10. The molecular weight excluding hydrogens is 289 g/mol. The zero-order valence-electron chi connectivity index (χ0n) is 9.54. The molecule has 0 aliphatic rings. The minimum absolute atomic E-state index is 0.116. The maximum absolute atomic E-state index is 12.3. The standard InChI is InChI=1S/C11H12ClF3O2S/c1-2-9(12)7-8-3-5-10(6-4-8)18(16,17)11(13,14)15/h3-6,9H,2,7H2,1H3. The van der Waals surface area contributed by atoms with Crippen molar-refractivity contribution in [1.29, 1.82) is 0 Å². The van der Waals surface area contributed by atoms with Crippen molar-refractivity contribution in [2.24, 2.45) is 0 Å². The normalized spacial score (nSPS) is 14.5. The second kappa shape index (κ2) is 5.48. The van der Waals surface area contributed by atoms with E-state index < -0.39 is 20.2 Å². The minimum Gasteiger partial charge on any atom is -0.214 e. The first-order valence-electron chi connectivity index (χ1n) is 5.23.